The van der Waals surface area contributed by atoms with Gasteiger partial charge in [0, 0.05) is 0 Å². The quantitative estimate of drug-likeness (QED) is 0.466. The van der Waals surface area contributed by atoms with Crippen molar-refractivity contribution < 1.29 is 12.3 Å². The van der Waals surface area contributed by atoms with Gasteiger partial charge in [0.15, 0.2) is 0 Å². The average molecular weight is 228 g/mol. The number of hydrogen-bond acceptors (Lipinski definition) is 3. The van der Waals surface area contributed by atoms with Crippen molar-refractivity contribution in [2.45, 2.75) is 26.2 Å². The topological polar surface area (TPSA) is 27.7 Å². The third kappa shape index (κ3) is 2.98. The highest BCUT2D eigenvalue weighted by molar-refractivity contribution is 7.07. The van der Waals surface area contributed by atoms with E-state index in [0.29, 0.717) is 0 Å². The second-order valence-corrected chi connectivity index (χ2v) is 12.8. The van der Waals surface area contributed by atoms with Gasteiger partial charge in [0.2, 0.25) is 0 Å². The Labute approximate surface area is 75.7 Å². The molecule has 0 saturated carbocycles. The molecule has 0 aliphatic carbocycles. The molecule has 1 heterocycles. The van der Waals surface area contributed by atoms with Crippen molar-refractivity contribution in [3.63, 3.8) is 0 Å². The van der Waals surface area contributed by atoms with E-state index in [1.54, 1.807) is 0 Å². The molecule has 1 saturated heterocycles. The Morgan fingerprint density at radius 3 is 1.64 bits per heavy atom. The molecular formula is C4H12ClO3Si3. The molecule has 0 N–H and O–H groups in total. The normalized spacial score (nSPS) is 30.3. The Morgan fingerprint density at radius 2 is 1.36 bits per heavy atom. The van der Waals surface area contributed by atoms with Crippen LogP contribution in [0.3, 0.4) is 0 Å². The molecular weight excluding hydrogens is 216 g/mol. The van der Waals surface area contributed by atoms with Crippen molar-refractivity contribution in [1.29, 1.82) is 0 Å². The zero-order chi connectivity index (χ0) is 8.70. The van der Waals surface area contributed by atoms with Gasteiger partial charge in [-0.2, -0.15) is 0 Å². The van der Waals surface area contributed by atoms with E-state index in [2.05, 4.69) is 0 Å². The van der Waals surface area contributed by atoms with E-state index < -0.39 is 25.7 Å². The van der Waals surface area contributed by atoms with Crippen molar-refractivity contribution in [2.75, 3.05) is 0 Å². The lowest BCUT2D eigenvalue weighted by molar-refractivity contribution is 0.264. The first-order valence-electron chi connectivity index (χ1n) is 3.41. The fraction of sp³-hybridized carbons (Fsp3) is 1.00. The second kappa shape index (κ2) is 2.95. The van der Waals surface area contributed by atoms with Gasteiger partial charge in [0.05, 0.1) is 0 Å². The lowest BCUT2D eigenvalue weighted by Crippen LogP contribution is -2.58. The van der Waals surface area contributed by atoms with Gasteiger partial charge in [-0.1, -0.05) is 11.1 Å². The summed E-state index contributed by atoms with van der Waals surface area (Å²) in [5.41, 5.74) is 0. The summed E-state index contributed by atoms with van der Waals surface area (Å²) in [5, 5.41) is 0. The van der Waals surface area contributed by atoms with E-state index in [4.69, 9.17) is 23.4 Å². The van der Waals surface area contributed by atoms with Crippen LogP contribution in [0.4, 0.5) is 0 Å². The summed E-state index contributed by atoms with van der Waals surface area (Å²) in [7, 11) is -5.41. The highest BCUT2D eigenvalue weighted by Crippen LogP contribution is 2.25. The number of hydrogen-bond donors (Lipinski definition) is 0. The SMILES string of the molecule is C[Si]1(C)O[Si](Cl)O[Si](C)(C)O1. The predicted octanol–water partition coefficient (Wildman–Crippen LogP) is 1.68. The fourth-order valence-corrected chi connectivity index (χ4v) is 13.8. The van der Waals surface area contributed by atoms with E-state index in [9.17, 15) is 0 Å². The Balaban J connectivity index is 2.66. The minimum Gasteiger partial charge on any atom is -0.416 e. The van der Waals surface area contributed by atoms with E-state index in [1.165, 1.54) is 0 Å². The van der Waals surface area contributed by atoms with Crippen LogP contribution in [0.1, 0.15) is 0 Å². The Morgan fingerprint density at radius 1 is 1.00 bits per heavy atom. The minimum atomic E-state index is -1.94. The average Bonchev–Trinajstić information content (AvgIpc) is 1.49. The third-order valence-electron chi connectivity index (χ3n) is 1.14. The van der Waals surface area contributed by atoms with Gasteiger partial charge < -0.3 is 12.3 Å². The van der Waals surface area contributed by atoms with Gasteiger partial charge in [-0.25, -0.2) is 0 Å². The maximum atomic E-state index is 5.83. The third-order valence-corrected chi connectivity index (χ3v) is 11.7. The first-order valence-corrected chi connectivity index (χ1v) is 11.4. The van der Waals surface area contributed by atoms with Gasteiger partial charge in [0.1, 0.15) is 0 Å². The molecule has 0 aromatic rings. The highest BCUT2D eigenvalue weighted by Gasteiger charge is 2.46. The van der Waals surface area contributed by atoms with Gasteiger partial charge in [0.25, 0.3) is 0 Å². The highest BCUT2D eigenvalue weighted by atomic mass is 35.6. The molecule has 65 valence electrons. The molecule has 0 amide bonds. The van der Waals surface area contributed by atoms with Crippen LogP contribution in [0.15, 0.2) is 0 Å². The number of halogens is 1. The summed E-state index contributed by atoms with van der Waals surface area (Å²) in [5.74, 6) is 0. The fourth-order valence-electron chi connectivity index (χ4n) is 1.04. The lowest BCUT2D eigenvalue weighted by atomic mass is 11.9. The summed E-state index contributed by atoms with van der Waals surface area (Å²) >= 11 is 5.83. The molecule has 0 atom stereocenters. The molecule has 3 nitrogen and oxygen atoms in total. The van der Waals surface area contributed by atoms with Gasteiger partial charge in [-0.05, 0) is 26.2 Å². The Kier molecular flexibility index (Phi) is 2.65. The molecule has 1 aliphatic rings. The molecule has 1 fully saturated rings. The van der Waals surface area contributed by atoms with Crippen LogP contribution in [0.5, 0.6) is 0 Å². The van der Waals surface area contributed by atoms with Crippen LogP contribution in [-0.2, 0) is 12.3 Å². The van der Waals surface area contributed by atoms with Crippen molar-refractivity contribution in [3.05, 3.63) is 0 Å². The Hall–Kier alpha value is 0.821. The van der Waals surface area contributed by atoms with E-state index in [-0.39, 0.29) is 0 Å². The maximum Gasteiger partial charge on any atom is 0.486 e. The maximum absolute atomic E-state index is 5.83. The molecule has 1 aliphatic heterocycles. The van der Waals surface area contributed by atoms with Crippen molar-refractivity contribution in [3.8, 4) is 0 Å². The summed E-state index contributed by atoms with van der Waals surface area (Å²) in [6, 6.07) is 0. The molecule has 0 bridgehead atoms. The van der Waals surface area contributed by atoms with Gasteiger partial charge >= 0.3 is 25.7 Å². The van der Waals surface area contributed by atoms with Gasteiger partial charge in [-0.15, -0.1) is 0 Å². The summed E-state index contributed by atoms with van der Waals surface area (Å²) < 4.78 is 16.5. The number of rotatable bonds is 0. The first-order chi connectivity index (χ1) is 4.81. The van der Waals surface area contributed by atoms with E-state index in [0.717, 1.165) is 0 Å². The summed E-state index contributed by atoms with van der Waals surface area (Å²) in [4.78, 5) is 0. The molecule has 7 heteroatoms. The molecule has 0 spiro atoms. The van der Waals surface area contributed by atoms with Crippen LogP contribution in [-0.4, -0.2) is 25.7 Å². The van der Waals surface area contributed by atoms with E-state index in [1.807, 2.05) is 26.2 Å². The molecule has 11 heavy (non-hydrogen) atoms. The molecule has 0 aromatic heterocycles. The van der Waals surface area contributed by atoms with Crippen LogP contribution in [0.25, 0.3) is 0 Å². The first kappa shape index (κ1) is 9.91. The summed E-state index contributed by atoms with van der Waals surface area (Å²) in [6.45, 7) is 7.99. The van der Waals surface area contributed by atoms with Gasteiger partial charge in [-0.3, -0.25) is 0 Å². The minimum absolute atomic E-state index is 1.54. The molecule has 1 rings (SSSR count). The summed E-state index contributed by atoms with van der Waals surface area (Å²) in [6.07, 6.45) is 0. The van der Waals surface area contributed by atoms with Crippen molar-refractivity contribution in [1.82, 2.24) is 0 Å². The molecule has 0 aromatic carbocycles. The van der Waals surface area contributed by atoms with Crippen molar-refractivity contribution in [2.24, 2.45) is 0 Å². The zero-order valence-electron chi connectivity index (χ0n) is 7.10. The predicted molar refractivity (Wildman–Crippen MR) is 49.8 cm³/mol. The smallest absolute Gasteiger partial charge is 0.416 e. The zero-order valence-corrected chi connectivity index (χ0v) is 10.9. The Bertz CT molecular complexity index is 147. The van der Waals surface area contributed by atoms with Crippen LogP contribution >= 0.6 is 11.1 Å². The monoisotopic (exact) mass is 227 g/mol. The van der Waals surface area contributed by atoms with E-state index >= 15 is 0 Å². The van der Waals surface area contributed by atoms with Crippen LogP contribution in [0, 0.1) is 0 Å². The second-order valence-electron chi connectivity index (χ2n) is 3.34. The van der Waals surface area contributed by atoms with Crippen LogP contribution < -0.4 is 0 Å². The lowest BCUT2D eigenvalue weighted by Gasteiger charge is -2.39. The van der Waals surface area contributed by atoms with Crippen molar-refractivity contribution >= 4 is 36.8 Å². The molecule has 1 radical (unpaired) electrons. The molecule has 0 unspecified atom stereocenters. The van der Waals surface area contributed by atoms with Crippen LogP contribution in [0.2, 0.25) is 26.2 Å². The largest absolute Gasteiger partial charge is 0.486 e. The standard InChI is InChI=1S/C4H12ClO3Si3/c1-10(2)6-9(5)7-11(3,4)8-10/h1-4H3.